The molecule has 0 bridgehead atoms. The molecule has 0 aliphatic heterocycles. The van der Waals surface area contributed by atoms with Crippen LogP contribution in [-0.2, 0) is 4.74 Å². The van der Waals surface area contributed by atoms with Gasteiger partial charge in [0.1, 0.15) is 4.88 Å². The number of nitrogens with zero attached hydrogens (tertiary/aromatic N) is 2. The van der Waals surface area contributed by atoms with Gasteiger partial charge in [0.25, 0.3) is 5.22 Å². The Morgan fingerprint density at radius 1 is 1.13 bits per heavy atom. The van der Waals surface area contributed by atoms with Crippen molar-refractivity contribution in [1.82, 2.24) is 10.2 Å². The molecule has 3 rings (SSSR count). The monoisotopic (exact) mass is 446 g/mol. The molecular formula is C20H18N2O6S2. The van der Waals surface area contributed by atoms with Crippen LogP contribution in [0.1, 0.15) is 9.67 Å². The van der Waals surface area contributed by atoms with Gasteiger partial charge in [-0.2, -0.15) is 0 Å². The summed E-state index contributed by atoms with van der Waals surface area (Å²) in [5, 5.41) is 10.2. The Kier molecular flexibility index (Phi) is 7.59. The second kappa shape index (κ2) is 10.6. The van der Waals surface area contributed by atoms with Gasteiger partial charge < -0.3 is 23.4 Å². The fraction of sp³-hybridized carbons (Fsp3) is 0.250. The highest BCUT2D eigenvalue weighted by atomic mass is 32.2. The van der Waals surface area contributed by atoms with Crippen LogP contribution in [0.15, 0.2) is 39.3 Å². The van der Waals surface area contributed by atoms with Crippen LogP contribution >= 0.6 is 23.1 Å². The van der Waals surface area contributed by atoms with Crippen LogP contribution in [0.3, 0.4) is 0 Å². The summed E-state index contributed by atoms with van der Waals surface area (Å²) in [5.74, 6) is 7.48. The molecule has 0 saturated heterocycles. The van der Waals surface area contributed by atoms with Crippen molar-refractivity contribution in [2.75, 3.05) is 33.7 Å². The fourth-order valence-electron chi connectivity index (χ4n) is 2.36. The van der Waals surface area contributed by atoms with E-state index in [1.807, 2.05) is 5.38 Å². The predicted octanol–water partition coefficient (Wildman–Crippen LogP) is 3.78. The van der Waals surface area contributed by atoms with Gasteiger partial charge in [0.05, 0.1) is 27.1 Å². The number of esters is 1. The van der Waals surface area contributed by atoms with Crippen LogP contribution in [0.25, 0.3) is 11.5 Å². The van der Waals surface area contributed by atoms with Gasteiger partial charge in [-0.25, -0.2) is 4.79 Å². The van der Waals surface area contributed by atoms with Crippen LogP contribution in [0.2, 0.25) is 0 Å². The first kappa shape index (κ1) is 21.5. The molecule has 2 heterocycles. The van der Waals surface area contributed by atoms with Gasteiger partial charge in [0.15, 0.2) is 18.1 Å². The largest absolute Gasteiger partial charge is 0.493 e. The number of benzene rings is 1. The summed E-state index contributed by atoms with van der Waals surface area (Å²) < 4.78 is 26.7. The number of hydrogen-bond donors (Lipinski definition) is 0. The third-order valence-corrected chi connectivity index (χ3v) is 5.26. The number of thiophene rings is 1. The minimum atomic E-state index is -0.376. The van der Waals surface area contributed by atoms with Crippen molar-refractivity contribution >= 4 is 29.1 Å². The molecule has 0 aliphatic carbocycles. The van der Waals surface area contributed by atoms with E-state index in [4.69, 9.17) is 23.4 Å². The summed E-state index contributed by atoms with van der Waals surface area (Å²) in [5.41, 5.74) is 0.635. The van der Waals surface area contributed by atoms with Crippen molar-refractivity contribution in [3.8, 4) is 40.5 Å². The highest BCUT2D eigenvalue weighted by Gasteiger charge is 2.17. The predicted molar refractivity (Wildman–Crippen MR) is 112 cm³/mol. The lowest BCUT2D eigenvalue weighted by Crippen LogP contribution is -2.02. The Morgan fingerprint density at radius 3 is 2.53 bits per heavy atom. The maximum Gasteiger partial charge on any atom is 0.349 e. The minimum absolute atomic E-state index is 0.0256. The van der Waals surface area contributed by atoms with Gasteiger partial charge in [-0.15, -0.1) is 21.5 Å². The molecule has 2 aromatic heterocycles. The standard InChI is InChI=1S/C20H18N2O6S2/c1-24-14-11-13(12-15(25-2)17(14)26-3)18-21-22-20(28-18)30-9-5-4-8-27-19(23)16-7-6-10-29-16/h6-7,10-12H,8-9H2,1-3H3. The fourth-order valence-corrected chi connectivity index (χ4v) is 3.51. The van der Waals surface area contributed by atoms with Crippen LogP contribution in [0.4, 0.5) is 0 Å². The van der Waals surface area contributed by atoms with Crippen molar-refractivity contribution in [3.63, 3.8) is 0 Å². The topological polar surface area (TPSA) is 92.9 Å². The zero-order chi connectivity index (χ0) is 21.3. The summed E-state index contributed by atoms with van der Waals surface area (Å²) in [6.45, 7) is 0.0256. The molecule has 156 valence electrons. The van der Waals surface area contributed by atoms with Crippen LogP contribution in [0.5, 0.6) is 17.2 Å². The molecule has 3 aromatic rings. The summed E-state index contributed by atoms with van der Waals surface area (Å²) in [7, 11) is 4.60. The third kappa shape index (κ3) is 5.25. The number of hydrogen-bond acceptors (Lipinski definition) is 10. The van der Waals surface area contributed by atoms with E-state index in [1.54, 1.807) is 24.3 Å². The molecule has 0 N–H and O–H groups in total. The Hall–Kier alpha value is -3.16. The Labute approximate surface area is 181 Å². The lowest BCUT2D eigenvalue weighted by atomic mass is 10.2. The molecular weight excluding hydrogens is 428 g/mol. The van der Waals surface area contributed by atoms with E-state index in [1.165, 1.54) is 44.4 Å². The van der Waals surface area contributed by atoms with Gasteiger partial charge in [0, 0.05) is 5.56 Å². The highest BCUT2D eigenvalue weighted by Crippen LogP contribution is 2.41. The Balaban J connectivity index is 1.56. The van der Waals surface area contributed by atoms with Crippen molar-refractivity contribution < 1.29 is 28.2 Å². The number of thioether (sulfide) groups is 1. The molecule has 0 radical (unpaired) electrons. The van der Waals surface area contributed by atoms with Crippen LogP contribution in [-0.4, -0.2) is 49.9 Å². The van der Waals surface area contributed by atoms with Gasteiger partial charge in [-0.3, -0.25) is 0 Å². The maximum atomic E-state index is 11.7. The maximum absolute atomic E-state index is 11.7. The summed E-state index contributed by atoms with van der Waals surface area (Å²) in [4.78, 5) is 12.2. The molecule has 0 aliphatic rings. The first-order valence-corrected chi connectivity index (χ1v) is 10.5. The number of rotatable bonds is 8. The van der Waals surface area contributed by atoms with Gasteiger partial charge in [0.2, 0.25) is 11.6 Å². The molecule has 10 heteroatoms. The van der Waals surface area contributed by atoms with Crippen molar-refractivity contribution in [2.45, 2.75) is 5.22 Å². The average Bonchev–Trinajstić information content (AvgIpc) is 3.47. The SMILES string of the molecule is COc1cc(-c2nnc(SCC#CCOC(=O)c3cccs3)o2)cc(OC)c1OC. The first-order valence-electron chi connectivity index (χ1n) is 8.59. The molecule has 0 amide bonds. The number of aromatic nitrogens is 2. The zero-order valence-electron chi connectivity index (χ0n) is 16.5. The van der Waals surface area contributed by atoms with E-state index in [2.05, 4.69) is 22.0 Å². The average molecular weight is 447 g/mol. The number of carbonyl (C=O) groups is 1. The zero-order valence-corrected chi connectivity index (χ0v) is 18.1. The van der Waals surface area contributed by atoms with Crippen molar-refractivity contribution in [2.24, 2.45) is 0 Å². The molecule has 0 saturated carbocycles. The van der Waals surface area contributed by atoms with E-state index in [9.17, 15) is 4.79 Å². The summed E-state index contributed by atoms with van der Waals surface area (Å²) >= 11 is 2.61. The van der Waals surface area contributed by atoms with Crippen molar-refractivity contribution in [1.29, 1.82) is 0 Å². The smallest absolute Gasteiger partial charge is 0.349 e. The molecule has 1 aromatic carbocycles. The van der Waals surface area contributed by atoms with Crippen LogP contribution in [0, 0.1) is 11.8 Å². The second-order valence-electron chi connectivity index (χ2n) is 5.48. The molecule has 8 nitrogen and oxygen atoms in total. The quantitative estimate of drug-likeness (QED) is 0.291. The lowest BCUT2D eigenvalue weighted by molar-refractivity contribution is 0.0562. The number of ether oxygens (including phenoxy) is 4. The van der Waals surface area contributed by atoms with E-state index < -0.39 is 0 Å². The third-order valence-electron chi connectivity index (χ3n) is 3.71. The van der Waals surface area contributed by atoms with E-state index in [0.29, 0.717) is 44.6 Å². The summed E-state index contributed by atoms with van der Waals surface area (Å²) in [6, 6.07) is 6.95. The van der Waals surface area contributed by atoms with Gasteiger partial charge in [-0.1, -0.05) is 29.7 Å². The number of methoxy groups -OCH3 is 3. The van der Waals surface area contributed by atoms with E-state index in [-0.39, 0.29) is 12.6 Å². The van der Waals surface area contributed by atoms with Gasteiger partial charge >= 0.3 is 5.97 Å². The Bertz CT molecular complexity index is 1030. The second-order valence-corrected chi connectivity index (χ2v) is 7.36. The summed E-state index contributed by atoms with van der Waals surface area (Å²) in [6.07, 6.45) is 0. The Morgan fingerprint density at radius 2 is 1.90 bits per heavy atom. The normalized spacial score (nSPS) is 10.1. The molecule has 0 unspecified atom stereocenters. The molecule has 0 atom stereocenters. The van der Waals surface area contributed by atoms with Crippen molar-refractivity contribution in [3.05, 3.63) is 34.5 Å². The molecule has 30 heavy (non-hydrogen) atoms. The van der Waals surface area contributed by atoms with E-state index in [0.717, 1.165) is 0 Å². The number of carbonyl (C=O) groups excluding carboxylic acids is 1. The minimum Gasteiger partial charge on any atom is -0.493 e. The lowest BCUT2D eigenvalue weighted by Gasteiger charge is -2.12. The van der Waals surface area contributed by atoms with Crippen LogP contribution < -0.4 is 14.2 Å². The highest BCUT2D eigenvalue weighted by molar-refractivity contribution is 7.99. The molecule has 0 spiro atoms. The van der Waals surface area contributed by atoms with Gasteiger partial charge in [-0.05, 0) is 23.6 Å². The first-order chi connectivity index (χ1) is 14.7. The van der Waals surface area contributed by atoms with E-state index >= 15 is 0 Å². The molecule has 0 fully saturated rings.